The normalized spacial score (nSPS) is 17.0. The number of nitro benzene ring substituents is 1. The van der Waals surface area contributed by atoms with Gasteiger partial charge in [-0.05, 0) is 29.2 Å². The second-order valence-electron chi connectivity index (χ2n) is 10.2. The van der Waals surface area contributed by atoms with E-state index < -0.39 is 27.8 Å². The van der Waals surface area contributed by atoms with Crippen molar-refractivity contribution < 1.29 is 19.2 Å². The first-order valence-electron chi connectivity index (χ1n) is 13.2. The molecule has 1 heterocycles. The van der Waals surface area contributed by atoms with E-state index in [0.29, 0.717) is 13.1 Å². The molecule has 0 radical (unpaired) electrons. The number of hydrogen-bond acceptors (Lipinski definition) is 5. The van der Waals surface area contributed by atoms with Crippen LogP contribution in [0.1, 0.15) is 28.7 Å². The van der Waals surface area contributed by atoms with Gasteiger partial charge in [-0.3, -0.25) is 19.8 Å². The quantitative estimate of drug-likeness (QED) is 0.192. The maximum absolute atomic E-state index is 16.7. The molecule has 1 unspecified atom stereocenters. The zero-order chi connectivity index (χ0) is 28.1. The molecule has 0 saturated carbocycles. The van der Waals surface area contributed by atoms with E-state index in [2.05, 4.69) is 0 Å². The predicted molar refractivity (Wildman–Crippen MR) is 151 cm³/mol. The smallest absolute Gasteiger partial charge is 0.315 e. The summed E-state index contributed by atoms with van der Waals surface area (Å²) >= 11 is 0. The van der Waals surface area contributed by atoms with Gasteiger partial charge in [-0.25, -0.2) is 4.39 Å². The first-order chi connectivity index (χ1) is 19.4. The number of carbonyl (C=O) groups is 1. The van der Waals surface area contributed by atoms with Crippen molar-refractivity contribution in [3.05, 3.63) is 141 Å². The molecule has 4 aromatic carbocycles. The topological polar surface area (TPSA) is 86.9 Å². The highest BCUT2D eigenvalue weighted by atomic mass is 19.1. The van der Waals surface area contributed by atoms with E-state index in [9.17, 15) is 20.0 Å². The van der Waals surface area contributed by atoms with E-state index in [1.165, 1.54) is 12.1 Å². The van der Waals surface area contributed by atoms with Crippen LogP contribution in [0.15, 0.2) is 103 Å². The van der Waals surface area contributed by atoms with Crippen LogP contribution >= 0.6 is 0 Å². The molecule has 0 amide bonds. The lowest BCUT2D eigenvalue weighted by molar-refractivity contribution is -0.384. The zero-order valence-corrected chi connectivity index (χ0v) is 21.9. The molecule has 1 N–H and O–H groups in total. The van der Waals surface area contributed by atoms with Crippen molar-refractivity contribution in [1.29, 1.82) is 0 Å². The summed E-state index contributed by atoms with van der Waals surface area (Å²) in [7, 11) is 0. The molecule has 0 aliphatic carbocycles. The molecule has 204 valence electrons. The standard InChI is InChI=1S/C32H30FN3O4/c33-29-27(32(31(37)38)18-19-34(23-32)20-24-10-4-1-5-11-24)16-17-28(36(39)40)30(29)35(21-25-12-6-2-7-13-25)22-26-14-8-3-9-15-26/h1-17H,18-23H2,(H,37,38). The summed E-state index contributed by atoms with van der Waals surface area (Å²) in [5.74, 6) is -2.00. The summed E-state index contributed by atoms with van der Waals surface area (Å²) in [5, 5.41) is 22.6. The van der Waals surface area contributed by atoms with Crippen LogP contribution in [0.3, 0.4) is 0 Å². The number of rotatable bonds is 10. The van der Waals surface area contributed by atoms with E-state index in [1.54, 1.807) is 4.90 Å². The van der Waals surface area contributed by atoms with Gasteiger partial charge < -0.3 is 10.0 Å². The molecule has 0 spiro atoms. The molecule has 1 aliphatic rings. The first-order valence-corrected chi connectivity index (χ1v) is 13.2. The lowest BCUT2D eigenvalue weighted by Crippen LogP contribution is -2.40. The average molecular weight is 540 g/mol. The van der Waals surface area contributed by atoms with Crippen molar-refractivity contribution in [2.45, 2.75) is 31.5 Å². The largest absolute Gasteiger partial charge is 0.481 e. The Bertz CT molecular complexity index is 1440. The number of likely N-dealkylation sites (tertiary alicyclic amines) is 1. The third-order valence-corrected chi connectivity index (χ3v) is 7.56. The van der Waals surface area contributed by atoms with Crippen molar-refractivity contribution in [1.82, 2.24) is 4.90 Å². The fraction of sp³-hybridized carbons (Fsp3) is 0.219. The van der Waals surface area contributed by atoms with Gasteiger partial charge in [-0.1, -0.05) is 91.0 Å². The minimum atomic E-state index is -1.53. The van der Waals surface area contributed by atoms with E-state index in [4.69, 9.17) is 0 Å². The fourth-order valence-electron chi connectivity index (χ4n) is 5.57. The monoisotopic (exact) mass is 539 g/mol. The Morgan fingerprint density at radius 2 is 1.40 bits per heavy atom. The summed E-state index contributed by atoms with van der Waals surface area (Å²) in [6.07, 6.45) is 0.195. The summed E-state index contributed by atoms with van der Waals surface area (Å²) in [4.78, 5) is 28.0. The van der Waals surface area contributed by atoms with Gasteiger partial charge in [0.2, 0.25) is 0 Å². The van der Waals surface area contributed by atoms with E-state index >= 15 is 4.39 Å². The number of nitro groups is 1. The van der Waals surface area contributed by atoms with Crippen LogP contribution < -0.4 is 4.90 Å². The van der Waals surface area contributed by atoms with Crippen molar-refractivity contribution in [2.75, 3.05) is 18.0 Å². The molecule has 40 heavy (non-hydrogen) atoms. The minimum absolute atomic E-state index is 0.0257. The molecule has 1 atom stereocenters. The van der Waals surface area contributed by atoms with Crippen LogP contribution in [0, 0.1) is 15.9 Å². The highest BCUT2D eigenvalue weighted by Gasteiger charge is 2.49. The van der Waals surface area contributed by atoms with Crippen LogP contribution in [-0.2, 0) is 29.8 Å². The van der Waals surface area contributed by atoms with Crippen LogP contribution in [0.4, 0.5) is 15.8 Å². The van der Waals surface area contributed by atoms with Crippen LogP contribution in [0.2, 0.25) is 0 Å². The van der Waals surface area contributed by atoms with Crippen molar-refractivity contribution in [3.8, 4) is 0 Å². The maximum Gasteiger partial charge on any atom is 0.315 e. The second-order valence-corrected chi connectivity index (χ2v) is 10.2. The van der Waals surface area contributed by atoms with Gasteiger partial charge >= 0.3 is 5.97 Å². The van der Waals surface area contributed by atoms with Gasteiger partial charge in [-0.2, -0.15) is 0 Å². The number of benzene rings is 4. The summed E-state index contributed by atoms with van der Waals surface area (Å²) < 4.78 is 16.7. The Labute approximate surface area is 232 Å². The number of hydrogen-bond donors (Lipinski definition) is 1. The van der Waals surface area contributed by atoms with E-state index in [1.807, 2.05) is 95.9 Å². The van der Waals surface area contributed by atoms with Gasteiger partial charge in [0.05, 0.1) is 4.92 Å². The SMILES string of the molecule is O=C(O)C1(c2ccc([N+](=O)[O-])c(N(Cc3ccccc3)Cc3ccccc3)c2F)CCN(Cc2ccccc2)C1. The molecule has 1 fully saturated rings. The molecule has 7 nitrogen and oxygen atoms in total. The number of nitrogens with zero attached hydrogens (tertiary/aromatic N) is 3. The number of carboxylic acids is 1. The Kier molecular flexibility index (Phi) is 7.89. The van der Waals surface area contributed by atoms with Crippen LogP contribution in [0.5, 0.6) is 0 Å². The van der Waals surface area contributed by atoms with Crippen molar-refractivity contribution >= 4 is 17.3 Å². The Morgan fingerprint density at radius 3 is 1.90 bits per heavy atom. The lowest BCUT2D eigenvalue weighted by Gasteiger charge is -2.30. The van der Waals surface area contributed by atoms with Gasteiger partial charge in [0.25, 0.3) is 5.69 Å². The molecule has 0 aromatic heterocycles. The van der Waals surface area contributed by atoms with Gasteiger partial charge in [-0.15, -0.1) is 0 Å². The van der Waals surface area contributed by atoms with Crippen LogP contribution in [-0.4, -0.2) is 34.0 Å². The highest BCUT2D eigenvalue weighted by molar-refractivity contribution is 5.84. The third kappa shape index (κ3) is 5.58. The Balaban J connectivity index is 1.58. The second kappa shape index (κ2) is 11.7. The molecular weight excluding hydrogens is 509 g/mol. The van der Waals surface area contributed by atoms with Gasteiger partial charge in [0.15, 0.2) is 11.5 Å². The Hall–Kier alpha value is -4.56. The number of halogens is 1. The van der Waals surface area contributed by atoms with E-state index in [0.717, 1.165) is 16.7 Å². The van der Waals surface area contributed by atoms with Crippen molar-refractivity contribution in [3.63, 3.8) is 0 Å². The molecular formula is C32H30FN3O4. The minimum Gasteiger partial charge on any atom is -0.481 e. The molecule has 1 saturated heterocycles. The molecule has 4 aromatic rings. The fourth-order valence-corrected chi connectivity index (χ4v) is 5.57. The van der Waals surface area contributed by atoms with Gasteiger partial charge in [0.1, 0.15) is 5.41 Å². The molecule has 8 heteroatoms. The highest BCUT2D eigenvalue weighted by Crippen LogP contribution is 2.43. The molecule has 5 rings (SSSR count). The molecule has 1 aliphatic heterocycles. The first kappa shape index (κ1) is 27.0. The number of aliphatic carboxylic acids is 1. The zero-order valence-electron chi connectivity index (χ0n) is 21.9. The summed E-state index contributed by atoms with van der Waals surface area (Å²) in [6, 6.07) is 30.9. The van der Waals surface area contributed by atoms with E-state index in [-0.39, 0.29) is 37.3 Å². The predicted octanol–water partition coefficient (Wildman–Crippen LogP) is 6.17. The summed E-state index contributed by atoms with van der Waals surface area (Å²) in [6.45, 7) is 1.51. The number of anilines is 1. The van der Waals surface area contributed by atoms with Gasteiger partial charge in [0, 0.05) is 44.4 Å². The lowest BCUT2D eigenvalue weighted by atomic mass is 9.79. The third-order valence-electron chi connectivity index (χ3n) is 7.56. The summed E-state index contributed by atoms with van der Waals surface area (Å²) in [5.41, 5.74) is 0.576. The van der Waals surface area contributed by atoms with Crippen LogP contribution in [0.25, 0.3) is 0 Å². The maximum atomic E-state index is 16.7. The number of carboxylic acid groups (broad SMARTS) is 1. The van der Waals surface area contributed by atoms with Crippen molar-refractivity contribution in [2.24, 2.45) is 0 Å². The average Bonchev–Trinajstić information content (AvgIpc) is 3.39. The Morgan fingerprint density at radius 1 is 0.875 bits per heavy atom. The molecule has 0 bridgehead atoms.